The first-order chi connectivity index (χ1) is 13.5. The summed E-state index contributed by atoms with van der Waals surface area (Å²) >= 11 is 5.98. The van der Waals surface area contributed by atoms with Gasteiger partial charge in [-0.2, -0.15) is 0 Å². The van der Waals surface area contributed by atoms with Gasteiger partial charge in [-0.05, 0) is 18.2 Å². The van der Waals surface area contributed by atoms with Gasteiger partial charge in [-0.15, -0.1) is 0 Å². The lowest BCUT2D eigenvalue weighted by atomic mass is 10.1. The highest BCUT2D eigenvalue weighted by Crippen LogP contribution is 2.14. The van der Waals surface area contributed by atoms with E-state index in [-0.39, 0.29) is 5.56 Å². The van der Waals surface area contributed by atoms with Gasteiger partial charge < -0.3 is 5.32 Å². The first-order valence-corrected chi connectivity index (χ1v) is 9.26. The Morgan fingerprint density at radius 3 is 2.43 bits per heavy atom. The molecule has 0 bridgehead atoms. The summed E-state index contributed by atoms with van der Waals surface area (Å²) in [6.45, 7) is 0.809. The van der Waals surface area contributed by atoms with Crippen molar-refractivity contribution in [3.8, 4) is 0 Å². The van der Waals surface area contributed by atoms with E-state index in [1.54, 1.807) is 24.3 Å². The van der Waals surface area contributed by atoms with E-state index in [9.17, 15) is 9.59 Å². The highest BCUT2D eigenvalue weighted by Gasteiger charge is 2.16. The Balaban J connectivity index is 1.56. The number of halogens is 1. The summed E-state index contributed by atoms with van der Waals surface area (Å²) < 4.78 is 2.17. The van der Waals surface area contributed by atoms with E-state index in [0.717, 1.165) is 12.3 Å². The van der Waals surface area contributed by atoms with Crippen LogP contribution in [0.4, 0.5) is 4.79 Å². The summed E-state index contributed by atoms with van der Waals surface area (Å²) in [5.74, 6) is -0.543. The molecule has 0 radical (unpaired) electrons. The van der Waals surface area contributed by atoms with Gasteiger partial charge in [0.2, 0.25) is 0 Å². The highest BCUT2D eigenvalue weighted by molar-refractivity contribution is 6.34. The van der Waals surface area contributed by atoms with Crippen LogP contribution < -0.4 is 10.6 Å². The minimum Gasteiger partial charge on any atom is -0.308 e. The molecule has 0 fully saturated rings. The van der Waals surface area contributed by atoms with Gasteiger partial charge in [0.25, 0.3) is 5.91 Å². The maximum absolute atomic E-state index is 12.1. The van der Waals surface area contributed by atoms with Crippen molar-refractivity contribution in [3.63, 3.8) is 0 Å². The summed E-state index contributed by atoms with van der Waals surface area (Å²) in [7, 11) is 2.04. The van der Waals surface area contributed by atoms with E-state index < -0.39 is 11.9 Å². The third kappa shape index (κ3) is 5.18. The molecule has 2 N–H and O–H groups in total. The Labute approximate surface area is 169 Å². The molecule has 0 aromatic heterocycles. The van der Waals surface area contributed by atoms with Gasteiger partial charge >= 0.3 is 6.03 Å². The van der Waals surface area contributed by atoms with Crippen molar-refractivity contribution < 1.29 is 14.2 Å². The van der Waals surface area contributed by atoms with Crippen LogP contribution >= 0.6 is 11.6 Å². The van der Waals surface area contributed by atoms with Crippen LogP contribution in [0.1, 0.15) is 22.3 Å². The molecule has 1 aliphatic rings. The molecule has 0 unspecified atom stereocenters. The van der Waals surface area contributed by atoms with E-state index in [1.165, 1.54) is 5.56 Å². The summed E-state index contributed by atoms with van der Waals surface area (Å²) in [5.41, 5.74) is 3.27. The molecule has 28 heavy (non-hydrogen) atoms. The lowest BCUT2D eigenvalue weighted by Crippen LogP contribution is -2.39. The lowest BCUT2D eigenvalue weighted by molar-refractivity contribution is -0.514. The number of amides is 3. The summed E-state index contributed by atoms with van der Waals surface area (Å²) in [4.78, 5) is 24.2. The molecule has 5 nitrogen and oxygen atoms in total. The lowest BCUT2D eigenvalue weighted by Gasteiger charge is -2.11. The molecule has 0 aliphatic heterocycles. The van der Waals surface area contributed by atoms with Crippen LogP contribution in [0.15, 0.2) is 78.5 Å². The fourth-order valence-corrected chi connectivity index (χ4v) is 3.07. The van der Waals surface area contributed by atoms with E-state index in [0.29, 0.717) is 17.1 Å². The predicted molar refractivity (Wildman–Crippen MR) is 111 cm³/mol. The number of allylic oxidation sites excluding steroid dienone is 3. The molecule has 142 valence electrons. The number of urea groups is 1. The molecule has 3 rings (SSSR count). The largest absolute Gasteiger partial charge is 0.326 e. The quantitative estimate of drug-likeness (QED) is 0.772. The molecular formula is C22H21ClN3O2+. The summed E-state index contributed by atoms with van der Waals surface area (Å²) in [5, 5.41) is 5.26. The molecule has 2 aromatic rings. The van der Waals surface area contributed by atoms with Crippen LogP contribution in [-0.4, -0.2) is 29.3 Å². The molecule has 0 atom stereocenters. The van der Waals surface area contributed by atoms with Crippen LogP contribution in [0.3, 0.4) is 0 Å². The molecule has 1 aliphatic carbocycles. The van der Waals surface area contributed by atoms with Crippen molar-refractivity contribution in [1.29, 1.82) is 0 Å². The van der Waals surface area contributed by atoms with Crippen LogP contribution in [-0.2, 0) is 6.54 Å². The standard InChI is InChI=1S/C22H20ClN3O2/c1-26(15-16-7-3-2-4-8-16)18-13-11-17(12-14-18)24-22(28)25-21(27)19-9-5-6-10-20(19)23/h2-13H,14-15H2,1H3,(H-,24,25,27,28)/p+1. The Hall–Kier alpha value is -3.18. The highest BCUT2D eigenvalue weighted by atomic mass is 35.5. The minimum absolute atomic E-state index is 0.255. The fraction of sp³-hybridized carbons (Fsp3) is 0.136. The average Bonchev–Trinajstić information content (AvgIpc) is 2.69. The summed E-state index contributed by atoms with van der Waals surface area (Å²) in [6.07, 6.45) is 6.39. The number of benzene rings is 2. The van der Waals surface area contributed by atoms with Crippen LogP contribution in [0.5, 0.6) is 0 Å². The molecule has 0 saturated heterocycles. The van der Waals surface area contributed by atoms with Gasteiger partial charge in [0.1, 0.15) is 7.05 Å². The number of imide groups is 1. The van der Waals surface area contributed by atoms with Gasteiger partial charge in [0.05, 0.1) is 17.0 Å². The first-order valence-electron chi connectivity index (χ1n) is 8.89. The van der Waals surface area contributed by atoms with Gasteiger partial charge in [-0.1, -0.05) is 60.1 Å². The third-order valence-corrected chi connectivity index (χ3v) is 4.67. The van der Waals surface area contributed by atoms with E-state index in [2.05, 4.69) is 27.3 Å². The van der Waals surface area contributed by atoms with E-state index in [4.69, 9.17) is 11.6 Å². The van der Waals surface area contributed by atoms with Crippen LogP contribution in [0, 0.1) is 0 Å². The Morgan fingerprint density at radius 2 is 1.75 bits per heavy atom. The fourth-order valence-electron chi connectivity index (χ4n) is 2.85. The van der Waals surface area contributed by atoms with Crippen molar-refractivity contribution in [1.82, 2.24) is 10.6 Å². The van der Waals surface area contributed by atoms with Gasteiger partial charge in [-0.25, -0.2) is 9.37 Å². The molecule has 0 saturated carbocycles. The predicted octanol–water partition coefficient (Wildman–Crippen LogP) is 3.91. The number of nitrogens with one attached hydrogen (secondary N) is 2. The molecule has 2 aromatic carbocycles. The van der Waals surface area contributed by atoms with Gasteiger partial charge in [-0.3, -0.25) is 10.1 Å². The average molecular weight is 395 g/mol. The molecule has 0 spiro atoms. The Morgan fingerprint density at radius 1 is 1.04 bits per heavy atom. The number of rotatable bonds is 4. The monoisotopic (exact) mass is 394 g/mol. The zero-order chi connectivity index (χ0) is 19.9. The second kappa shape index (κ2) is 9.15. The smallest absolute Gasteiger partial charge is 0.308 e. The van der Waals surface area contributed by atoms with E-state index in [1.807, 2.05) is 43.5 Å². The van der Waals surface area contributed by atoms with Gasteiger partial charge in [0, 0.05) is 17.3 Å². The SMILES string of the molecule is C[N+](Cc1ccccc1)=C1C=CC(NC(=O)NC(=O)c2ccccc2Cl)=CC1. The van der Waals surface area contributed by atoms with Gasteiger partial charge in [0.15, 0.2) is 12.3 Å². The number of hydrogen-bond acceptors (Lipinski definition) is 2. The minimum atomic E-state index is -0.595. The van der Waals surface area contributed by atoms with Crippen LogP contribution in [0.25, 0.3) is 0 Å². The van der Waals surface area contributed by atoms with Crippen molar-refractivity contribution >= 4 is 29.3 Å². The number of hydrogen-bond donors (Lipinski definition) is 2. The van der Waals surface area contributed by atoms with E-state index >= 15 is 0 Å². The van der Waals surface area contributed by atoms with Crippen LogP contribution in [0.2, 0.25) is 5.02 Å². The van der Waals surface area contributed by atoms with Crippen molar-refractivity contribution in [2.24, 2.45) is 0 Å². The molecule has 3 amide bonds. The Bertz CT molecular complexity index is 978. The van der Waals surface area contributed by atoms with Crippen molar-refractivity contribution in [2.75, 3.05) is 7.05 Å². The Kier molecular flexibility index (Phi) is 6.40. The summed E-state index contributed by atoms with van der Waals surface area (Å²) in [6, 6.07) is 16.2. The number of nitrogens with zero attached hydrogens (tertiary/aromatic N) is 1. The third-order valence-electron chi connectivity index (χ3n) is 4.34. The normalized spacial score (nSPS) is 14.9. The number of carbonyl (C=O) groups is 2. The number of carbonyl (C=O) groups excluding carboxylic acids is 2. The second-order valence-electron chi connectivity index (χ2n) is 6.42. The molecule has 0 heterocycles. The first kappa shape index (κ1) is 19.6. The maximum Gasteiger partial charge on any atom is 0.326 e. The maximum atomic E-state index is 12.1. The van der Waals surface area contributed by atoms with Crippen molar-refractivity contribution in [3.05, 3.63) is 94.7 Å². The zero-order valence-electron chi connectivity index (χ0n) is 15.5. The second-order valence-corrected chi connectivity index (χ2v) is 6.83. The topological polar surface area (TPSA) is 61.2 Å². The molecule has 6 heteroatoms. The molecular weight excluding hydrogens is 374 g/mol. The zero-order valence-corrected chi connectivity index (χ0v) is 16.2. The van der Waals surface area contributed by atoms with Crippen molar-refractivity contribution in [2.45, 2.75) is 13.0 Å².